The molecule has 0 radical (unpaired) electrons. The van der Waals surface area contributed by atoms with Gasteiger partial charge >= 0.3 is 0 Å². The summed E-state index contributed by atoms with van der Waals surface area (Å²) in [6, 6.07) is 5.78. The van der Waals surface area contributed by atoms with E-state index in [2.05, 4.69) is 13.8 Å². The van der Waals surface area contributed by atoms with Crippen LogP contribution in [0.3, 0.4) is 0 Å². The number of benzene rings is 1. The lowest BCUT2D eigenvalue weighted by Crippen LogP contribution is -2.37. The Morgan fingerprint density at radius 3 is 2.37 bits per heavy atom. The SMILES string of the molecule is CC(C)CN(C(=O)Cc1c(Cl)cccc1Cl)C1CC1. The number of amides is 1. The van der Waals surface area contributed by atoms with Gasteiger partial charge in [-0.3, -0.25) is 4.79 Å². The number of carbonyl (C=O) groups is 1. The Labute approximate surface area is 124 Å². The molecule has 0 unspecified atom stereocenters. The molecule has 0 atom stereocenters. The predicted octanol–water partition coefficient (Wildman–Crippen LogP) is 4.18. The molecule has 0 saturated heterocycles. The second-order valence-corrected chi connectivity index (χ2v) is 6.36. The Kier molecular flexibility index (Phi) is 4.75. The maximum Gasteiger partial charge on any atom is 0.227 e. The Morgan fingerprint density at radius 1 is 1.32 bits per heavy atom. The lowest BCUT2D eigenvalue weighted by molar-refractivity contribution is -0.131. The van der Waals surface area contributed by atoms with Crippen molar-refractivity contribution < 1.29 is 4.79 Å². The summed E-state index contributed by atoms with van der Waals surface area (Å²) in [5.41, 5.74) is 0.741. The van der Waals surface area contributed by atoms with Crippen molar-refractivity contribution >= 4 is 29.1 Å². The molecule has 1 aromatic rings. The summed E-state index contributed by atoms with van der Waals surface area (Å²) in [5, 5.41) is 1.14. The lowest BCUT2D eigenvalue weighted by Gasteiger charge is -2.25. The van der Waals surface area contributed by atoms with Crippen molar-refractivity contribution in [3.8, 4) is 0 Å². The van der Waals surface area contributed by atoms with Gasteiger partial charge in [-0.15, -0.1) is 0 Å². The maximum atomic E-state index is 12.4. The van der Waals surface area contributed by atoms with E-state index in [1.165, 1.54) is 0 Å². The van der Waals surface area contributed by atoms with E-state index in [1.54, 1.807) is 18.2 Å². The van der Waals surface area contributed by atoms with Gasteiger partial charge in [0.1, 0.15) is 0 Å². The molecule has 2 rings (SSSR count). The van der Waals surface area contributed by atoms with Crippen molar-refractivity contribution in [2.75, 3.05) is 6.54 Å². The van der Waals surface area contributed by atoms with E-state index in [0.29, 0.717) is 28.4 Å². The van der Waals surface area contributed by atoms with Crippen LogP contribution in [0.25, 0.3) is 0 Å². The summed E-state index contributed by atoms with van der Waals surface area (Å²) >= 11 is 12.2. The monoisotopic (exact) mass is 299 g/mol. The highest BCUT2D eigenvalue weighted by Gasteiger charge is 2.33. The second-order valence-electron chi connectivity index (χ2n) is 5.55. The minimum absolute atomic E-state index is 0.131. The zero-order valence-corrected chi connectivity index (χ0v) is 12.8. The molecule has 0 spiro atoms. The zero-order chi connectivity index (χ0) is 14.0. The van der Waals surface area contributed by atoms with Gasteiger partial charge in [-0.05, 0) is 36.5 Å². The third-order valence-electron chi connectivity index (χ3n) is 3.26. The number of rotatable bonds is 5. The number of hydrogen-bond acceptors (Lipinski definition) is 1. The van der Waals surface area contributed by atoms with Gasteiger partial charge in [-0.1, -0.05) is 43.1 Å². The van der Waals surface area contributed by atoms with Crippen LogP contribution in [0, 0.1) is 5.92 Å². The van der Waals surface area contributed by atoms with Crippen molar-refractivity contribution in [2.45, 2.75) is 39.2 Å². The summed E-state index contributed by atoms with van der Waals surface area (Å²) in [6.07, 6.45) is 2.53. The van der Waals surface area contributed by atoms with Crippen LogP contribution in [-0.2, 0) is 11.2 Å². The first-order valence-electron chi connectivity index (χ1n) is 6.71. The van der Waals surface area contributed by atoms with Crippen LogP contribution in [0.15, 0.2) is 18.2 Å². The van der Waals surface area contributed by atoms with Crippen molar-refractivity contribution in [2.24, 2.45) is 5.92 Å². The molecule has 0 aliphatic heterocycles. The molecule has 0 heterocycles. The Bertz CT molecular complexity index is 449. The third-order valence-corrected chi connectivity index (χ3v) is 3.97. The van der Waals surface area contributed by atoms with Gasteiger partial charge in [0.2, 0.25) is 5.91 Å². The van der Waals surface area contributed by atoms with Crippen molar-refractivity contribution in [3.63, 3.8) is 0 Å². The molecule has 1 aliphatic rings. The van der Waals surface area contributed by atoms with Gasteiger partial charge in [-0.2, -0.15) is 0 Å². The Hall–Kier alpha value is -0.730. The van der Waals surface area contributed by atoms with Crippen LogP contribution in [0.4, 0.5) is 0 Å². The highest BCUT2D eigenvalue weighted by Crippen LogP contribution is 2.30. The van der Waals surface area contributed by atoms with E-state index in [-0.39, 0.29) is 5.91 Å². The summed E-state index contributed by atoms with van der Waals surface area (Å²) in [5.74, 6) is 0.609. The summed E-state index contributed by atoms with van der Waals surface area (Å²) in [6.45, 7) is 5.07. The van der Waals surface area contributed by atoms with E-state index in [1.807, 2.05) is 4.90 Å². The van der Waals surface area contributed by atoms with Crippen molar-refractivity contribution in [1.29, 1.82) is 0 Å². The molecule has 0 bridgehead atoms. The van der Waals surface area contributed by atoms with Gasteiger partial charge in [0.15, 0.2) is 0 Å². The molecule has 104 valence electrons. The highest BCUT2D eigenvalue weighted by molar-refractivity contribution is 6.36. The predicted molar refractivity (Wildman–Crippen MR) is 79.7 cm³/mol. The van der Waals surface area contributed by atoms with E-state index < -0.39 is 0 Å². The first kappa shape index (κ1) is 14.7. The van der Waals surface area contributed by atoms with Crippen LogP contribution in [0.5, 0.6) is 0 Å². The van der Waals surface area contributed by atoms with Gasteiger partial charge in [0.25, 0.3) is 0 Å². The lowest BCUT2D eigenvalue weighted by atomic mass is 10.1. The topological polar surface area (TPSA) is 20.3 Å². The largest absolute Gasteiger partial charge is 0.339 e. The molecule has 4 heteroatoms. The fourth-order valence-corrected chi connectivity index (χ4v) is 2.72. The minimum atomic E-state index is 0.131. The molecular formula is C15H19Cl2NO. The average molecular weight is 300 g/mol. The quantitative estimate of drug-likeness (QED) is 0.798. The molecule has 1 aliphatic carbocycles. The van der Waals surface area contributed by atoms with E-state index in [4.69, 9.17) is 23.2 Å². The fraction of sp³-hybridized carbons (Fsp3) is 0.533. The molecule has 1 amide bonds. The zero-order valence-electron chi connectivity index (χ0n) is 11.3. The Balaban J connectivity index is 2.10. The second kappa shape index (κ2) is 6.15. The molecular weight excluding hydrogens is 281 g/mol. The normalized spacial score (nSPS) is 14.8. The number of carbonyl (C=O) groups excluding carboxylic acids is 1. The van der Waals surface area contributed by atoms with E-state index in [0.717, 1.165) is 24.9 Å². The minimum Gasteiger partial charge on any atom is -0.339 e. The first-order valence-corrected chi connectivity index (χ1v) is 7.47. The summed E-state index contributed by atoms with van der Waals surface area (Å²) < 4.78 is 0. The van der Waals surface area contributed by atoms with E-state index >= 15 is 0 Å². The smallest absolute Gasteiger partial charge is 0.227 e. The summed E-state index contributed by atoms with van der Waals surface area (Å²) in [7, 11) is 0. The van der Waals surface area contributed by atoms with Crippen molar-refractivity contribution in [3.05, 3.63) is 33.8 Å². The summed E-state index contributed by atoms with van der Waals surface area (Å²) in [4.78, 5) is 14.4. The molecule has 1 aromatic carbocycles. The van der Waals surface area contributed by atoms with Crippen LogP contribution < -0.4 is 0 Å². The number of nitrogens with zero attached hydrogens (tertiary/aromatic N) is 1. The van der Waals surface area contributed by atoms with Crippen LogP contribution in [-0.4, -0.2) is 23.4 Å². The standard InChI is InChI=1S/C15H19Cl2NO/c1-10(2)9-18(11-6-7-11)15(19)8-12-13(16)4-3-5-14(12)17/h3-5,10-11H,6-9H2,1-2H3. The third kappa shape index (κ3) is 3.87. The first-order chi connectivity index (χ1) is 8.99. The van der Waals surface area contributed by atoms with Crippen LogP contribution in [0.1, 0.15) is 32.3 Å². The number of halogens is 2. The van der Waals surface area contributed by atoms with Gasteiger partial charge < -0.3 is 4.90 Å². The molecule has 0 N–H and O–H groups in total. The average Bonchev–Trinajstić information content (AvgIpc) is 3.14. The molecule has 2 nitrogen and oxygen atoms in total. The van der Waals surface area contributed by atoms with Crippen LogP contribution in [0.2, 0.25) is 10.0 Å². The Morgan fingerprint density at radius 2 is 1.89 bits per heavy atom. The van der Waals surface area contributed by atoms with Gasteiger partial charge in [-0.25, -0.2) is 0 Å². The fourth-order valence-electron chi connectivity index (χ4n) is 2.19. The highest BCUT2D eigenvalue weighted by atomic mass is 35.5. The van der Waals surface area contributed by atoms with Gasteiger partial charge in [0, 0.05) is 22.6 Å². The molecule has 1 fully saturated rings. The molecule has 19 heavy (non-hydrogen) atoms. The molecule has 0 aromatic heterocycles. The van der Waals surface area contributed by atoms with E-state index in [9.17, 15) is 4.79 Å². The van der Waals surface area contributed by atoms with Crippen molar-refractivity contribution in [1.82, 2.24) is 4.90 Å². The number of hydrogen-bond donors (Lipinski definition) is 0. The maximum absolute atomic E-state index is 12.4. The van der Waals surface area contributed by atoms with Gasteiger partial charge in [0.05, 0.1) is 6.42 Å². The molecule has 1 saturated carbocycles. The van der Waals surface area contributed by atoms with Crippen LogP contribution >= 0.6 is 23.2 Å².